The minimum atomic E-state index is -0.481. The SMILES string of the molecule is CCCCCCCCCCCCC(=O)N1CCCCC1CNC(=O)C(N)CCCCN.Cl.Cl. The first-order valence-corrected chi connectivity index (χ1v) is 13.1. The molecule has 0 bridgehead atoms. The van der Waals surface area contributed by atoms with Gasteiger partial charge in [0.15, 0.2) is 0 Å². The molecule has 1 fully saturated rings. The number of hydrogen-bond acceptors (Lipinski definition) is 4. The monoisotopic (exact) mass is 510 g/mol. The smallest absolute Gasteiger partial charge is 0.236 e. The average molecular weight is 512 g/mol. The molecule has 1 heterocycles. The summed E-state index contributed by atoms with van der Waals surface area (Å²) >= 11 is 0. The normalized spacial score (nSPS) is 16.5. The largest absolute Gasteiger partial charge is 0.353 e. The van der Waals surface area contributed by atoms with Crippen molar-refractivity contribution in [3.8, 4) is 0 Å². The molecule has 2 atom stereocenters. The second-order valence-electron chi connectivity index (χ2n) is 9.30. The minimum absolute atomic E-state index is 0. The van der Waals surface area contributed by atoms with Crippen molar-refractivity contribution in [1.82, 2.24) is 10.2 Å². The van der Waals surface area contributed by atoms with Gasteiger partial charge in [0.25, 0.3) is 0 Å². The Morgan fingerprint density at radius 2 is 1.52 bits per heavy atom. The summed E-state index contributed by atoms with van der Waals surface area (Å²) < 4.78 is 0. The van der Waals surface area contributed by atoms with Crippen LogP contribution in [0.5, 0.6) is 0 Å². The van der Waals surface area contributed by atoms with E-state index in [4.69, 9.17) is 11.5 Å². The van der Waals surface area contributed by atoms with Gasteiger partial charge in [0, 0.05) is 25.6 Å². The van der Waals surface area contributed by atoms with E-state index in [1.54, 1.807) is 0 Å². The summed E-state index contributed by atoms with van der Waals surface area (Å²) in [7, 11) is 0. The van der Waals surface area contributed by atoms with Crippen LogP contribution in [0.1, 0.15) is 116 Å². The van der Waals surface area contributed by atoms with Gasteiger partial charge in [0.05, 0.1) is 6.04 Å². The molecule has 8 heteroatoms. The average Bonchev–Trinajstić information content (AvgIpc) is 2.78. The van der Waals surface area contributed by atoms with Crippen LogP contribution in [0.3, 0.4) is 0 Å². The Bertz CT molecular complexity index is 483. The van der Waals surface area contributed by atoms with Crippen molar-refractivity contribution in [1.29, 1.82) is 0 Å². The van der Waals surface area contributed by atoms with E-state index in [-0.39, 0.29) is 42.7 Å². The van der Waals surface area contributed by atoms with Gasteiger partial charge in [-0.3, -0.25) is 9.59 Å². The van der Waals surface area contributed by atoms with Crippen molar-refractivity contribution in [2.75, 3.05) is 19.6 Å². The lowest BCUT2D eigenvalue weighted by atomic mass is 10.0. The molecule has 33 heavy (non-hydrogen) atoms. The Hall–Kier alpha value is -0.560. The van der Waals surface area contributed by atoms with Gasteiger partial charge >= 0.3 is 0 Å². The molecule has 2 unspecified atom stereocenters. The molecular formula is C25H52Cl2N4O2. The molecule has 198 valence electrons. The molecule has 0 aliphatic carbocycles. The third kappa shape index (κ3) is 16.7. The highest BCUT2D eigenvalue weighted by Gasteiger charge is 2.27. The first-order valence-electron chi connectivity index (χ1n) is 13.1. The fraction of sp³-hybridized carbons (Fsp3) is 0.920. The minimum Gasteiger partial charge on any atom is -0.353 e. The molecule has 0 spiro atoms. The van der Waals surface area contributed by atoms with Crippen molar-refractivity contribution in [2.24, 2.45) is 11.5 Å². The van der Waals surface area contributed by atoms with Crippen LogP contribution in [-0.4, -0.2) is 48.4 Å². The van der Waals surface area contributed by atoms with Crippen LogP contribution in [0.15, 0.2) is 0 Å². The Morgan fingerprint density at radius 1 is 0.909 bits per heavy atom. The van der Waals surface area contributed by atoms with E-state index >= 15 is 0 Å². The van der Waals surface area contributed by atoms with Gasteiger partial charge in [-0.15, -0.1) is 24.8 Å². The van der Waals surface area contributed by atoms with Gasteiger partial charge in [-0.25, -0.2) is 0 Å². The first-order chi connectivity index (χ1) is 15.1. The van der Waals surface area contributed by atoms with Crippen LogP contribution in [0.4, 0.5) is 0 Å². The van der Waals surface area contributed by atoms with Gasteiger partial charge in [-0.2, -0.15) is 0 Å². The van der Waals surface area contributed by atoms with Gasteiger partial charge in [-0.05, 0) is 45.1 Å². The number of halogens is 2. The van der Waals surface area contributed by atoms with Crippen LogP contribution in [0.2, 0.25) is 0 Å². The Morgan fingerprint density at radius 3 is 2.12 bits per heavy atom. The first kappa shape index (κ1) is 34.6. The van der Waals surface area contributed by atoms with E-state index in [0.717, 1.165) is 51.5 Å². The Balaban J connectivity index is 0. The number of piperidine rings is 1. The number of carbonyl (C=O) groups is 2. The lowest BCUT2D eigenvalue weighted by Crippen LogP contribution is -2.51. The van der Waals surface area contributed by atoms with Crippen LogP contribution in [0.25, 0.3) is 0 Å². The summed E-state index contributed by atoms with van der Waals surface area (Å²) in [6.45, 7) is 4.23. The third-order valence-corrected chi connectivity index (χ3v) is 6.51. The van der Waals surface area contributed by atoms with Crippen molar-refractivity contribution in [3.05, 3.63) is 0 Å². The molecule has 6 nitrogen and oxygen atoms in total. The number of amides is 2. The molecule has 1 aliphatic rings. The molecule has 0 saturated carbocycles. The van der Waals surface area contributed by atoms with Crippen LogP contribution < -0.4 is 16.8 Å². The maximum absolute atomic E-state index is 12.8. The van der Waals surface area contributed by atoms with Crippen LogP contribution in [0, 0.1) is 0 Å². The van der Waals surface area contributed by atoms with Gasteiger partial charge in [0.1, 0.15) is 0 Å². The zero-order valence-electron chi connectivity index (χ0n) is 21.0. The van der Waals surface area contributed by atoms with Crippen molar-refractivity contribution in [3.63, 3.8) is 0 Å². The number of likely N-dealkylation sites (tertiary alicyclic amines) is 1. The van der Waals surface area contributed by atoms with E-state index < -0.39 is 6.04 Å². The van der Waals surface area contributed by atoms with Crippen molar-refractivity contribution >= 4 is 36.6 Å². The lowest BCUT2D eigenvalue weighted by Gasteiger charge is -2.36. The summed E-state index contributed by atoms with van der Waals surface area (Å²) in [4.78, 5) is 27.0. The second-order valence-corrected chi connectivity index (χ2v) is 9.30. The lowest BCUT2D eigenvalue weighted by molar-refractivity contribution is -0.135. The van der Waals surface area contributed by atoms with Crippen molar-refractivity contribution in [2.45, 2.75) is 128 Å². The molecule has 5 N–H and O–H groups in total. The Labute approximate surface area is 215 Å². The predicted molar refractivity (Wildman–Crippen MR) is 144 cm³/mol. The molecule has 0 radical (unpaired) electrons. The number of rotatable bonds is 18. The van der Waals surface area contributed by atoms with Gasteiger partial charge in [0.2, 0.25) is 11.8 Å². The van der Waals surface area contributed by atoms with Crippen LogP contribution in [-0.2, 0) is 9.59 Å². The van der Waals surface area contributed by atoms with E-state index in [2.05, 4.69) is 12.2 Å². The second kappa shape index (κ2) is 23.2. The molecule has 1 aliphatic heterocycles. The van der Waals surface area contributed by atoms with Crippen molar-refractivity contribution < 1.29 is 9.59 Å². The quantitative estimate of drug-likeness (QED) is 0.223. The highest BCUT2D eigenvalue weighted by atomic mass is 35.5. The molecule has 2 amide bonds. The van der Waals surface area contributed by atoms with Crippen LogP contribution >= 0.6 is 24.8 Å². The van der Waals surface area contributed by atoms with Gasteiger partial charge in [-0.1, -0.05) is 71.1 Å². The number of unbranched alkanes of at least 4 members (excludes halogenated alkanes) is 10. The van der Waals surface area contributed by atoms with E-state index in [0.29, 0.717) is 25.9 Å². The fourth-order valence-electron chi connectivity index (χ4n) is 4.44. The molecule has 1 saturated heterocycles. The molecular weight excluding hydrogens is 459 g/mol. The molecule has 1 rings (SSSR count). The summed E-state index contributed by atoms with van der Waals surface area (Å²) in [5, 5.41) is 2.98. The summed E-state index contributed by atoms with van der Waals surface area (Å²) in [6.07, 6.45) is 19.0. The summed E-state index contributed by atoms with van der Waals surface area (Å²) in [6, 6.07) is -0.365. The number of nitrogens with two attached hydrogens (primary N) is 2. The predicted octanol–water partition coefficient (Wildman–Crippen LogP) is 5.09. The van der Waals surface area contributed by atoms with E-state index in [1.807, 2.05) is 4.90 Å². The molecule has 0 aromatic rings. The molecule has 0 aromatic heterocycles. The fourth-order valence-corrected chi connectivity index (χ4v) is 4.44. The number of hydrogen-bond donors (Lipinski definition) is 3. The number of carbonyl (C=O) groups excluding carboxylic acids is 2. The standard InChI is InChI=1S/C25H50N4O2.2ClH/c1-2-3-4-5-6-7-8-9-10-11-18-24(30)29-20-15-13-16-22(29)21-28-25(31)23(27)17-12-14-19-26;;/h22-23H,2-21,26-27H2,1H3,(H,28,31);2*1H. The highest BCUT2D eigenvalue weighted by Crippen LogP contribution is 2.19. The van der Waals surface area contributed by atoms with E-state index in [1.165, 1.54) is 51.4 Å². The zero-order chi connectivity index (χ0) is 22.7. The maximum atomic E-state index is 12.8. The third-order valence-electron chi connectivity index (χ3n) is 6.51. The topological polar surface area (TPSA) is 101 Å². The summed E-state index contributed by atoms with van der Waals surface area (Å²) in [5.74, 6) is 0.149. The van der Waals surface area contributed by atoms with E-state index in [9.17, 15) is 9.59 Å². The zero-order valence-corrected chi connectivity index (χ0v) is 22.7. The Kier molecular flexibility index (Phi) is 24.3. The maximum Gasteiger partial charge on any atom is 0.236 e. The number of nitrogens with one attached hydrogen (secondary N) is 1. The van der Waals surface area contributed by atoms with Gasteiger partial charge < -0.3 is 21.7 Å². The molecule has 0 aromatic carbocycles. The highest BCUT2D eigenvalue weighted by molar-refractivity contribution is 5.85. The number of nitrogens with zero attached hydrogens (tertiary/aromatic N) is 1. The summed E-state index contributed by atoms with van der Waals surface area (Å²) in [5.41, 5.74) is 11.5.